The number of aryl methyl sites for hydroxylation is 1. The first-order valence-corrected chi connectivity index (χ1v) is 7.42. The maximum absolute atomic E-state index is 5.91. The number of methoxy groups -OCH3 is 1. The van der Waals surface area contributed by atoms with E-state index < -0.39 is 0 Å². The third-order valence-electron chi connectivity index (χ3n) is 3.92. The van der Waals surface area contributed by atoms with Crippen LogP contribution in [0.15, 0.2) is 18.2 Å². The summed E-state index contributed by atoms with van der Waals surface area (Å²) >= 11 is 0. The average Bonchev–Trinajstić information content (AvgIpc) is 2.53. The van der Waals surface area contributed by atoms with E-state index in [0.29, 0.717) is 11.8 Å². The molecule has 0 saturated carbocycles. The van der Waals surface area contributed by atoms with Gasteiger partial charge in [-0.3, -0.25) is 0 Å². The third-order valence-corrected chi connectivity index (χ3v) is 3.92. The van der Waals surface area contributed by atoms with Gasteiger partial charge in [0.1, 0.15) is 11.4 Å². The molecule has 1 aliphatic rings. The van der Waals surface area contributed by atoms with Crippen molar-refractivity contribution in [3.05, 3.63) is 23.9 Å². The Morgan fingerprint density at radius 1 is 1.19 bits per heavy atom. The fraction of sp³-hybridized carbons (Fsp3) is 0.500. The summed E-state index contributed by atoms with van der Waals surface area (Å²) < 4.78 is 11.1. The molecule has 3 rings (SSSR count). The fourth-order valence-electron chi connectivity index (χ4n) is 2.61. The summed E-state index contributed by atoms with van der Waals surface area (Å²) in [7, 11) is 1.65. The van der Waals surface area contributed by atoms with Gasteiger partial charge in [-0.25, -0.2) is 9.97 Å². The molecule has 1 fully saturated rings. The fourth-order valence-corrected chi connectivity index (χ4v) is 2.61. The van der Waals surface area contributed by atoms with Crippen LogP contribution in [0.1, 0.15) is 18.5 Å². The van der Waals surface area contributed by atoms with Crippen LogP contribution in [0.3, 0.4) is 0 Å². The van der Waals surface area contributed by atoms with Crippen LogP contribution in [-0.2, 0) is 0 Å². The SMILES string of the molecule is COc1ccc2nc(OCC3CCNCC3)c(C)nc2c1. The Morgan fingerprint density at radius 3 is 2.76 bits per heavy atom. The van der Waals surface area contributed by atoms with Crippen molar-refractivity contribution >= 4 is 11.0 Å². The lowest BCUT2D eigenvalue weighted by Gasteiger charge is -2.22. The summed E-state index contributed by atoms with van der Waals surface area (Å²) in [5, 5.41) is 3.36. The molecule has 0 bridgehead atoms. The van der Waals surface area contributed by atoms with Crippen LogP contribution in [0.25, 0.3) is 11.0 Å². The number of rotatable bonds is 4. The first kappa shape index (κ1) is 14.1. The quantitative estimate of drug-likeness (QED) is 0.935. The highest BCUT2D eigenvalue weighted by molar-refractivity contribution is 5.76. The molecule has 1 aliphatic heterocycles. The van der Waals surface area contributed by atoms with Crippen molar-refractivity contribution in [2.75, 3.05) is 26.8 Å². The molecule has 0 spiro atoms. The zero-order chi connectivity index (χ0) is 14.7. The normalized spacial score (nSPS) is 16.1. The Bertz CT molecular complexity index is 624. The largest absolute Gasteiger partial charge is 0.497 e. The van der Waals surface area contributed by atoms with Gasteiger partial charge < -0.3 is 14.8 Å². The molecule has 1 saturated heterocycles. The van der Waals surface area contributed by atoms with Crippen molar-refractivity contribution in [2.45, 2.75) is 19.8 Å². The molecule has 2 aromatic rings. The van der Waals surface area contributed by atoms with Gasteiger partial charge in [-0.05, 0) is 50.9 Å². The van der Waals surface area contributed by atoms with Crippen LogP contribution in [0, 0.1) is 12.8 Å². The Balaban J connectivity index is 1.77. The van der Waals surface area contributed by atoms with Gasteiger partial charge in [0.25, 0.3) is 0 Å². The van der Waals surface area contributed by atoms with E-state index in [2.05, 4.69) is 15.3 Å². The van der Waals surface area contributed by atoms with Gasteiger partial charge in [0.15, 0.2) is 0 Å². The van der Waals surface area contributed by atoms with Crippen molar-refractivity contribution in [1.82, 2.24) is 15.3 Å². The second kappa shape index (κ2) is 6.26. The van der Waals surface area contributed by atoms with Gasteiger partial charge in [-0.2, -0.15) is 0 Å². The van der Waals surface area contributed by atoms with Crippen LogP contribution in [-0.4, -0.2) is 36.8 Å². The van der Waals surface area contributed by atoms with Gasteiger partial charge >= 0.3 is 0 Å². The lowest BCUT2D eigenvalue weighted by molar-refractivity contribution is 0.207. The lowest BCUT2D eigenvalue weighted by Crippen LogP contribution is -2.30. The van der Waals surface area contributed by atoms with E-state index in [1.54, 1.807) is 7.11 Å². The summed E-state index contributed by atoms with van der Waals surface area (Å²) in [6.45, 7) is 4.81. The number of fused-ring (bicyclic) bond motifs is 1. The lowest BCUT2D eigenvalue weighted by atomic mass is 9.99. The van der Waals surface area contributed by atoms with E-state index in [9.17, 15) is 0 Å². The van der Waals surface area contributed by atoms with Crippen molar-refractivity contribution < 1.29 is 9.47 Å². The molecule has 2 heterocycles. The van der Waals surface area contributed by atoms with Gasteiger partial charge in [-0.15, -0.1) is 0 Å². The van der Waals surface area contributed by atoms with Crippen molar-refractivity contribution in [3.63, 3.8) is 0 Å². The molecule has 1 aromatic heterocycles. The summed E-state index contributed by atoms with van der Waals surface area (Å²) in [6.07, 6.45) is 2.33. The van der Waals surface area contributed by atoms with E-state index in [-0.39, 0.29) is 0 Å². The predicted octanol–water partition coefficient (Wildman–Crippen LogP) is 2.33. The van der Waals surface area contributed by atoms with E-state index in [0.717, 1.165) is 55.0 Å². The van der Waals surface area contributed by atoms with Crippen LogP contribution >= 0.6 is 0 Å². The van der Waals surface area contributed by atoms with Gasteiger partial charge in [0, 0.05) is 6.07 Å². The number of hydrogen-bond acceptors (Lipinski definition) is 5. The second-order valence-corrected chi connectivity index (χ2v) is 5.47. The highest BCUT2D eigenvalue weighted by atomic mass is 16.5. The van der Waals surface area contributed by atoms with Crippen LogP contribution in [0.4, 0.5) is 0 Å². The molecule has 21 heavy (non-hydrogen) atoms. The molecular weight excluding hydrogens is 266 g/mol. The molecule has 5 heteroatoms. The van der Waals surface area contributed by atoms with E-state index >= 15 is 0 Å². The molecule has 0 amide bonds. The smallest absolute Gasteiger partial charge is 0.235 e. The summed E-state index contributed by atoms with van der Waals surface area (Å²) in [5.41, 5.74) is 2.49. The molecule has 1 aromatic carbocycles. The average molecular weight is 287 g/mol. The molecule has 112 valence electrons. The van der Waals surface area contributed by atoms with E-state index in [1.807, 2.05) is 25.1 Å². The zero-order valence-corrected chi connectivity index (χ0v) is 12.6. The highest BCUT2D eigenvalue weighted by Crippen LogP contribution is 2.23. The van der Waals surface area contributed by atoms with Crippen LogP contribution in [0.5, 0.6) is 11.6 Å². The Kier molecular flexibility index (Phi) is 4.20. The van der Waals surface area contributed by atoms with Crippen LogP contribution < -0.4 is 14.8 Å². The predicted molar refractivity (Wildman–Crippen MR) is 81.9 cm³/mol. The topological polar surface area (TPSA) is 56.3 Å². The minimum absolute atomic E-state index is 0.610. The molecule has 0 unspecified atom stereocenters. The maximum atomic E-state index is 5.91. The Labute approximate surface area is 124 Å². The van der Waals surface area contributed by atoms with Gasteiger partial charge in [0.05, 0.1) is 24.8 Å². The number of aromatic nitrogens is 2. The molecular formula is C16H21N3O2. The molecule has 0 radical (unpaired) electrons. The molecule has 1 N–H and O–H groups in total. The highest BCUT2D eigenvalue weighted by Gasteiger charge is 2.15. The Morgan fingerprint density at radius 2 is 2.00 bits per heavy atom. The molecule has 5 nitrogen and oxygen atoms in total. The standard InChI is InChI=1S/C16H21N3O2/c1-11-16(21-10-12-5-7-17-8-6-12)19-14-4-3-13(20-2)9-15(14)18-11/h3-4,9,12,17H,5-8,10H2,1-2H3. The minimum atomic E-state index is 0.610. The number of piperidine rings is 1. The van der Waals surface area contributed by atoms with Gasteiger partial charge in [-0.1, -0.05) is 0 Å². The third kappa shape index (κ3) is 3.24. The zero-order valence-electron chi connectivity index (χ0n) is 12.6. The first-order valence-electron chi connectivity index (χ1n) is 7.42. The number of ether oxygens (including phenoxy) is 2. The Hall–Kier alpha value is -1.88. The number of nitrogens with zero attached hydrogens (tertiary/aromatic N) is 2. The summed E-state index contributed by atoms with van der Waals surface area (Å²) in [4.78, 5) is 9.15. The molecule has 0 atom stereocenters. The van der Waals surface area contributed by atoms with E-state index in [4.69, 9.17) is 9.47 Å². The van der Waals surface area contributed by atoms with E-state index in [1.165, 1.54) is 0 Å². The first-order chi connectivity index (χ1) is 10.3. The monoisotopic (exact) mass is 287 g/mol. The van der Waals surface area contributed by atoms with Crippen molar-refractivity contribution in [3.8, 4) is 11.6 Å². The van der Waals surface area contributed by atoms with Crippen molar-refractivity contribution in [2.24, 2.45) is 5.92 Å². The summed E-state index contributed by atoms with van der Waals surface area (Å²) in [6, 6.07) is 5.70. The van der Waals surface area contributed by atoms with Gasteiger partial charge in [0.2, 0.25) is 5.88 Å². The molecule has 0 aliphatic carbocycles. The van der Waals surface area contributed by atoms with Crippen molar-refractivity contribution in [1.29, 1.82) is 0 Å². The maximum Gasteiger partial charge on any atom is 0.235 e. The second-order valence-electron chi connectivity index (χ2n) is 5.47. The van der Waals surface area contributed by atoms with Crippen LogP contribution in [0.2, 0.25) is 0 Å². The summed E-state index contributed by atoms with van der Waals surface area (Å²) in [5.74, 6) is 2.05. The number of benzene rings is 1. The number of nitrogens with one attached hydrogen (secondary N) is 1. The number of hydrogen-bond donors (Lipinski definition) is 1. The minimum Gasteiger partial charge on any atom is -0.497 e.